The highest BCUT2D eigenvalue weighted by Crippen LogP contribution is 2.43. The Balaban J connectivity index is 2.04. The molecule has 0 spiro atoms. The van der Waals surface area contributed by atoms with Crippen LogP contribution in [0.2, 0.25) is 0 Å². The molecular formula is C13H16N4O2. The van der Waals surface area contributed by atoms with Gasteiger partial charge < -0.3 is 15.5 Å². The maximum Gasteiger partial charge on any atom is 0.319 e. The third-order valence-corrected chi connectivity index (χ3v) is 3.69. The first kappa shape index (κ1) is 12.0. The number of hydrogen-bond donors (Lipinski definition) is 2. The first-order valence-electron chi connectivity index (χ1n) is 6.45. The Hall–Kier alpha value is -2.11. The van der Waals surface area contributed by atoms with E-state index in [1.165, 1.54) is 0 Å². The Bertz CT molecular complexity index is 631. The molecule has 1 saturated carbocycles. The minimum absolute atomic E-state index is 0.201. The summed E-state index contributed by atoms with van der Waals surface area (Å²) in [5.74, 6) is 0.864. The van der Waals surface area contributed by atoms with Gasteiger partial charge in [-0.3, -0.25) is 4.79 Å². The zero-order valence-electron chi connectivity index (χ0n) is 10.8. The maximum absolute atomic E-state index is 12.2. The van der Waals surface area contributed by atoms with Gasteiger partial charge in [0.1, 0.15) is 17.1 Å². The molecule has 3 rings (SSSR count). The molecule has 6 heteroatoms. The van der Waals surface area contributed by atoms with E-state index in [1.807, 2.05) is 13.0 Å². The van der Waals surface area contributed by atoms with Crippen molar-refractivity contribution in [1.29, 1.82) is 0 Å². The molecule has 0 aliphatic heterocycles. The van der Waals surface area contributed by atoms with Gasteiger partial charge >= 0.3 is 5.97 Å². The fourth-order valence-electron chi connectivity index (χ4n) is 2.47. The van der Waals surface area contributed by atoms with Gasteiger partial charge in [0.05, 0.1) is 12.1 Å². The van der Waals surface area contributed by atoms with Crippen LogP contribution in [0.5, 0.6) is 0 Å². The number of ether oxygens (including phenoxy) is 1. The SMILES string of the molecule is CCOC(=O)C1(c2nc3nc(N)ccc3[nH]2)CCC1. The molecule has 0 bridgehead atoms. The van der Waals surface area contributed by atoms with Crippen LogP contribution in [0.15, 0.2) is 12.1 Å². The van der Waals surface area contributed by atoms with Crippen LogP contribution in [-0.2, 0) is 14.9 Å². The highest BCUT2D eigenvalue weighted by molar-refractivity contribution is 5.85. The molecule has 1 aliphatic rings. The molecular weight excluding hydrogens is 244 g/mol. The molecule has 0 atom stereocenters. The summed E-state index contributed by atoms with van der Waals surface area (Å²) in [6, 6.07) is 3.54. The van der Waals surface area contributed by atoms with Crippen molar-refractivity contribution in [3.8, 4) is 0 Å². The Kier molecular flexibility index (Phi) is 2.66. The van der Waals surface area contributed by atoms with Gasteiger partial charge in [-0.15, -0.1) is 0 Å². The largest absolute Gasteiger partial charge is 0.465 e. The number of pyridine rings is 1. The van der Waals surface area contributed by atoms with Crippen molar-refractivity contribution in [3.05, 3.63) is 18.0 Å². The lowest BCUT2D eigenvalue weighted by Crippen LogP contribution is -2.44. The van der Waals surface area contributed by atoms with Gasteiger partial charge in [0.25, 0.3) is 0 Å². The van der Waals surface area contributed by atoms with Crippen LogP contribution in [0.3, 0.4) is 0 Å². The fraction of sp³-hybridized carbons (Fsp3) is 0.462. The van der Waals surface area contributed by atoms with E-state index >= 15 is 0 Å². The number of rotatable bonds is 3. The van der Waals surface area contributed by atoms with Crippen molar-refractivity contribution in [2.45, 2.75) is 31.6 Å². The minimum Gasteiger partial charge on any atom is -0.465 e. The van der Waals surface area contributed by atoms with Gasteiger partial charge in [0.15, 0.2) is 5.65 Å². The van der Waals surface area contributed by atoms with Crippen LogP contribution in [0, 0.1) is 0 Å². The number of nitrogen functional groups attached to an aromatic ring is 1. The van der Waals surface area contributed by atoms with Crippen LogP contribution < -0.4 is 5.73 Å². The Labute approximate surface area is 110 Å². The molecule has 6 nitrogen and oxygen atoms in total. The van der Waals surface area contributed by atoms with Crippen LogP contribution >= 0.6 is 0 Å². The number of H-pyrrole nitrogens is 1. The molecule has 0 aromatic carbocycles. The molecule has 0 amide bonds. The zero-order valence-corrected chi connectivity index (χ0v) is 10.8. The molecule has 2 aromatic heterocycles. The number of nitrogens with one attached hydrogen (secondary N) is 1. The second-order valence-corrected chi connectivity index (χ2v) is 4.85. The third kappa shape index (κ3) is 1.75. The third-order valence-electron chi connectivity index (χ3n) is 3.69. The van der Waals surface area contributed by atoms with Gasteiger partial charge in [-0.25, -0.2) is 9.97 Å². The van der Waals surface area contributed by atoms with Crippen molar-refractivity contribution in [2.24, 2.45) is 0 Å². The Morgan fingerprint density at radius 3 is 2.89 bits per heavy atom. The standard InChI is InChI=1S/C13H16N4O2/c1-2-19-12(18)13(6-3-7-13)11-15-8-4-5-9(14)16-10(8)17-11/h4-5H,2-3,6-7H2,1H3,(H3,14,15,16,17). The number of anilines is 1. The molecule has 19 heavy (non-hydrogen) atoms. The molecule has 0 saturated heterocycles. The summed E-state index contributed by atoms with van der Waals surface area (Å²) >= 11 is 0. The van der Waals surface area contributed by atoms with E-state index in [0.717, 1.165) is 24.8 Å². The number of aromatic nitrogens is 3. The highest BCUT2D eigenvalue weighted by Gasteiger charge is 2.49. The zero-order chi connectivity index (χ0) is 13.5. The first-order chi connectivity index (χ1) is 9.15. The minimum atomic E-state index is -0.620. The predicted molar refractivity (Wildman–Crippen MR) is 70.5 cm³/mol. The summed E-state index contributed by atoms with van der Waals surface area (Å²) in [5, 5.41) is 0. The fourth-order valence-corrected chi connectivity index (χ4v) is 2.47. The van der Waals surface area contributed by atoms with Gasteiger partial charge in [0.2, 0.25) is 0 Å². The number of carbonyl (C=O) groups is 1. The maximum atomic E-state index is 12.2. The van der Waals surface area contributed by atoms with Gasteiger partial charge in [-0.05, 0) is 31.9 Å². The highest BCUT2D eigenvalue weighted by atomic mass is 16.5. The summed E-state index contributed by atoms with van der Waals surface area (Å²) in [7, 11) is 0. The van der Waals surface area contributed by atoms with E-state index in [2.05, 4.69) is 15.0 Å². The quantitative estimate of drug-likeness (QED) is 0.816. The number of aromatic amines is 1. The number of carbonyl (C=O) groups excluding carboxylic acids is 1. The van der Waals surface area contributed by atoms with E-state index in [-0.39, 0.29) is 5.97 Å². The van der Waals surface area contributed by atoms with Crippen LogP contribution in [0.25, 0.3) is 11.2 Å². The predicted octanol–water partition coefficient (Wildman–Crippen LogP) is 1.52. The smallest absolute Gasteiger partial charge is 0.319 e. The first-order valence-corrected chi connectivity index (χ1v) is 6.45. The summed E-state index contributed by atoms with van der Waals surface area (Å²) in [5.41, 5.74) is 6.36. The van der Waals surface area contributed by atoms with Gasteiger partial charge in [-0.1, -0.05) is 6.42 Å². The number of esters is 1. The monoisotopic (exact) mass is 260 g/mol. The van der Waals surface area contributed by atoms with Crippen molar-refractivity contribution < 1.29 is 9.53 Å². The number of imidazole rings is 1. The lowest BCUT2D eigenvalue weighted by atomic mass is 9.68. The summed E-state index contributed by atoms with van der Waals surface area (Å²) in [6.07, 6.45) is 2.54. The Morgan fingerprint density at radius 2 is 2.26 bits per heavy atom. The van der Waals surface area contributed by atoms with E-state index in [1.54, 1.807) is 6.07 Å². The number of nitrogens with two attached hydrogens (primary N) is 1. The molecule has 100 valence electrons. The summed E-state index contributed by atoms with van der Waals surface area (Å²) in [6.45, 7) is 2.19. The normalized spacial score (nSPS) is 17.1. The number of nitrogens with zero attached hydrogens (tertiary/aromatic N) is 2. The van der Waals surface area contributed by atoms with Crippen LogP contribution in [-0.4, -0.2) is 27.5 Å². The summed E-state index contributed by atoms with van der Waals surface area (Å²) < 4.78 is 5.18. The Morgan fingerprint density at radius 1 is 1.47 bits per heavy atom. The second kappa shape index (κ2) is 4.22. The number of fused-ring (bicyclic) bond motifs is 1. The van der Waals surface area contributed by atoms with Crippen molar-refractivity contribution in [2.75, 3.05) is 12.3 Å². The molecule has 1 aliphatic carbocycles. The average Bonchev–Trinajstić information content (AvgIpc) is 2.70. The van der Waals surface area contributed by atoms with Crippen molar-refractivity contribution in [3.63, 3.8) is 0 Å². The van der Waals surface area contributed by atoms with Crippen molar-refractivity contribution in [1.82, 2.24) is 15.0 Å². The molecule has 0 radical (unpaired) electrons. The van der Waals surface area contributed by atoms with E-state index in [9.17, 15) is 4.79 Å². The molecule has 2 aromatic rings. The second-order valence-electron chi connectivity index (χ2n) is 4.85. The average molecular weight is 260 g/mol. The van der Waals surface area contributed by atoms with E-state index in [4.69, 9.17) is 10.5 Å². The van der Waals surface area contributed by atoms with E-state index in [0.29, 0.717) is 23.9 Å². The van der Waals surface area contributed by atoms with Crippen molar-refractivity contribution >= 4 is 23.0 Å². The van der Waals surface area contributed by atoms with E-state index < -0.39 is 5.41 Å². The molecule has 1 fully saturated rings. The van der Waals surface area contributed by atoms with Crippen LogP contribution in [0.4, 0.5) is 5.82 Å². The summed E-state index contributed by atoms with van der Waals surface area (Å²) in [4.78, 5) is 23.9. The lowest BCUT2D eigenvalue weighted by molar-refractivity contribution is -0.154. The molecule has 3 N–H and O–H groups in total. The van der Waals surface area contributed by atoms with Crippen LogP contribution in [0.1, 0.15) is 32.0 Å². The topological polar surface area (TPSA) is 93.9 Å². The number of hydrogen-bond acceptors (Lipinski definition) is 5. The van der Waals surface area contributed by atoms with Gasteiger partial charge in [-0.2, -0.15) is 0 Å². The lowest BCUT2D eigenvalue weighted by Gasteiger charge is -2.37. The molecule has 0 unspecified atom stereocenters. The van der Waals surface area contributed by atoms with Gasteiger partial charge in [0, 0.05) is 0 Å². The molecule has 2 heterocycles.